The summed E-state index contributed by atoms with van der Waals surface area (Å²) in [6, 6.07) is 8.31. The zero-order chi connectivity index (χ0) is 10.0. The fourth-order valence-corrected chi connectivity index (χ4v) is 2.64. The summed E-state index contributed by atoms with van der Waals surface area (Å²) in [5.74, 6) is 0. The Labute approximate surface area is 83.1 Å². The van der Waals surface area contributed by atoms with Gasteiger partial charge in [-0.2, -0.15) is 0 Å². The lowest BCUT2D eigenvalue weighted by molar-refractivity contribution is -0.0284. The van der Waals surface area contributed by atoms with Crippen LogP contribution in [0.25, 0.3) is 0 Å². The highest BCUT2D eigenvalue weighted by atomic mass is 32.2. The highest BCUT2D eigenvalue weighted by molar-refractivity contribution is 7.89. The second kappa shape index (κ2) is 3.68. The summed E-state index contributed by atoms with van der Waals surface area (Å²) in [7, 11) is -3.43. The van der Waals surface area contributed by atoms with Crippen molar-refractivity contribution in [2.24, 2.45) is 0 Å². The normalized spacial score (nSPS) is 18.6. The zero-order valence-corrected chi connectivity index (χ0v) is 8.40. The summed E-state index contributed by atoms with van der Waals surface area (Å²) < 4.78 is 24.7. The molecule has 0 N–H and O–H groups in total. The smallest absolute Gasteiger partial charge is 0.265 e. The van der Waals surface area contributed by atoms with Gasteiger partial charge in [-0.1, -0.05) is 22.7 Å². The molecule has 0 atom stereocenters. The van der Waals surface area contributed by atoms with Gasteiger partial charge >= 0.3 is 0 Å². The van der Waals surface area contributed by atoms with Crippen LogP contribution in [0, 0.1) is 0 Å². The first kappa shape index (κ1) is 9.64. The van der Waals surface area contributed by atoms with Crippen molar-refractivity contribution in [1.82, 2.24) is 4.47 Å². The van der Waals surface area contributed by atoms with Crippen LogP contribution in [0.15, 0.2) is 35.2 Å². The third kappa shape index (κ3) is 1.66. The average Bonchev–Trinajstić information content (AvgIpc) is 2.72. The molecule has 14 heavy (non-hydrogen) atoms. The van der Waals surface area contributed by atoms with E-state index in [1.807, 2.05) is 0 Å². The van der Waals surface area contributed by atoms with E-state index in [0.29, 0.717) is 13.2 Å². The first-order chi connectivity index (χ1) is 6.71. The van der Waals surface area contributed by atoms with Crippen LogP contribution in [0.2, 0.25) is 0 Å². The SMILES string of the molecule is O=S(=O)(c1ccccc1)N1CCCO1. The Morgan fingerprint density at radius 2 is 1.93 bits per heavy atom. The van der Waals surface area contributed by atoms with Gasteiger partial charge in [-0.3, -0.25) is 4.84 Å². The third-order valence-electron chi connectivity index (χ3n) is 2.03. The van der Waals surface area contributed by atoms with Gasteiger partial charge in [0.25, 0.3) is 10.0 Å². The lowest BCUT2D eigenvalue weighted by atomic mass is 10.4. The molecule has 0 saturated carbocycles. The van der Waals surface area contributed by atoms with Crippen molar-refractivity contribution >= 4 is 10.0 Å². The van der Waals surface area contributed by atoms with Crippen LogP contribution >= 0.6 is 0 Å². The summed E-state index contributed by atoms with van der Waals surface area (Å²) in [5, 5.41) is 0. The van der Waals surface area contributed by atoms with E-state index >= 15 is 0 Å². The molecule has 1 aliphatic rings. The minimum absolute atomic E-state index is 0.280. The van der Waals surface area contributed by atoms with Crippen molar-refractivity contribution in [3.05, 3.63) is 30.3 Å². The van der Waals surface area contributed by atoms with Gasteiger partial charge in [0.1, 0.15) is 0 Å². The minimum Gasteiger partial charge on any atom is -0.284 e. The highest BCUT2D eigenvalue weighted by Gasteiger charge is 2.28. The quantitative estimate of drug-likeness (QED) is 0.736. The molecule has 2 rings (SSSR count). The summed E-state index contributed by atoms with van der Waals surface area (Å²) >= 11 is 0. The number of sulfonamides is 1. The second-order valence-corrected chi connectivity index (χ2v) is 4.86. The molecule has 0 bridgehead atoms. The molecule has 1 aliphatic heterocycles. The van der Waals surface area contributed by atoms with Crippen LogP contribution < -0.4 is 0 Å². The summed E-state index contributed by atoms with van der Waals surface area (Å²) in [6.07, 6.45) is 0.756. The van der Waals surface area contributed by atoms with Crippen LogP contribution in [-0.4, -0.2) is 26.0 Å². The van der Waals surface area contributed by atoms with E-state index < -0.39 is 10.0 Å². The Morgan fingerprint density at radius 3 is 2.50 bits per heavy atom. The number of hydrogen-bond donors (Lipinski definition) is 0. The number of hydrogen-bond acceptors (Lipinski definition) is 3. The largest absolute Gasteiger partial charge is 0.284 e. The molecule has 1 aromatic carbocycles. The van der Waals surface area contributed by atoms with Crippen LogP contribution in [0.3, 0.4) is 0 Å². The molecule has 5 heteroatoms. The minimum atomic E-state index is -3.43. The molecule has 0 aromatic heterocycles. The molecule has 1 aromatic rings. The molecule has 76 valence electrons. The molecule has 0 spiro atoms. The number of rotatable bonds is 2. The van der Waals surface area contributed by atoms with E-state index in [2.05, 4.69) is 0 Å². The molecule has 0 radical (unpaired) electrons. The zero-order valence-electron chi connectivity index (χ0n) is 7.59. The molecule has 0 unspecified atom stereocenters. The topological polar surface area (TPSA) is 46.6 Å². The Balaban J connectivity index is 2.33. The molecule has 1 fully saturated rings. The Hall–Kier alpha value is -0.910. The van der Waals surface area contributed by atoms with Gasteiger partial charge in [-0.15, -0.1) is 0 Å². The number of hydroxylamine groups is 1. The van der Waals surface area contributed by atoms with Crippen LogP contribution in [-0.2, 0) is 14.9 Å². The van der Waals surface area contributed by atoms with Gasteiger partial charge in [0.2, 0.25) is 0 Å². The van der Waals surface area contributed by atoms with E-state index in [1.54, 1.807) is 30.3 Å². The lowest BCUT2D eigenvalue weighted by Gasteiger charge is -2.13. The summed E-state index contributed by atoms with van der Waals surface area (Å²) in [4.78, 5) is 5.30. The predicted molar refractivity (Wildman–Crippen MR) is 50.9 cm³/mol. The second-order valence-electron chi connectivity index (χ2n) is 3.03. The van der Waals surface area contributed by atoms with Gasteiger partial charge in [0.05, 0.1) is 11.5 Å². The van der Waals surface area contributed by atoms with Crippen LogP contribution in [0.4, 0.5) is 0 Å². The maximum Gasteiger partial charge on any atom is 0.265 e. The molecular weight excluding hydrogens is 202 g/mol. The Kier molecular flexibility index (Phi) is 2.54. The van der Waals surface area contributed by atoms with Crippen molar-refractivity contribution in [1.29, 1.82) is 0 Å². The van der Waals surface area contributed by atoms with Gasteiger partial charge in [-0.05, 0) is 18.6 Å². The monoisotopic (exact) mass is 213 g/mol. The van der Waals surface area contributed by atoms with Crippen molar-refractivity contribution in [2.75, 3.05) is 13.2 Å². The van der Waals surface area contributed by atoms with Gasteiger partial charge in [0.15, 0.2) is 0 Å². The van der Waals surface area contributed by atoms with Gasteiger partial charge in [-0.25, -0.2) is 8.42 Å². The van der Waals surface area contributed by atoms with Crippen molar-refractivity contribution in [3.8, 4) is 0 Å². The van der Waals surface area contributed by atoms with Crippen LogP contribution in [0.1, 0.15) is 6.42 Å². The number of benzene rings is 1. The van der Waals surface area contributed by atoms with Crippen molar-refractivity contribution in [3.63, 3.8) is 0 Å². The Bertz CT molecular complexity index is 395. The fraction of sp³-hybridized carbons (Fsp3) is 0.333. The predicted octanol–water partition coefficient (Wildman–Crippen LogP) is 1.01. The molecule has 4 nitrogen and oxygen atoms in total. The van der Waals surface area contributed by atoms with E-state index in [4.69, 9.17) is 4.84 Å². The lowest BCUT2D eigenvalue weighted by Crippen LogP contribution is -2.26. The highest BCUT2D eigenvalue weighted by Crippen LogP contribution is 2.18. The fourth-order valence-electron chi connectivity index (χ4n) is 1.32. The van der Waals surface area contributed by atoms with Crippen molar-refractivity contribution in [2.45, 2.75) is 11.3 Å². The van der Waals surface area contributed by atoms with Crippen LogP contribution in [0.5, 0.6) is 0 Å². The first-order valence-electron chi connectivity index (χ1n) is 4.42. The summed E-state index contributed by atoms with van der Waals surface area (Å²) in [6.45, 7) is 0.920. The maximum absolute atomic E-state index is 11.8. The molecular formula is C9H11NO3S. The standard InChI is InChI=1S/C9H11NO3S/c11-14(12,10-7-4-8-13-10)9-5-2-1-3-6-9/h1-3,5-6H,4,7-8H2. The average molecular weight is 213 g/mol. The van der Waals surface area contributed by atoms with Crippen molar-refractivity contribution < 1.29 is 13.3 Å². The van der Waals surface area contributed by atoms with E-state index in [9.17, 15) is 8.42 Å². The van der Waals surface area contributed by atoms with E-state index in [0.717, 1.165) is 10.9 Å². The molecule has 1 saturated heterocycles. The number of nitrogens with zero attached hydrogens (tertiary/aromatic N) is 1. The molecule has 0 aliphatic carbocycles. The van der Waals surface area contributed by atoms with Gasteiger partial charge in [0, 0.05) is 6.54 Å². The van der Waals surface area contributed by atoms with E-state index in [1.165, 1.54) is 0 Å². The third-order valence-corrected chi connectivity index (χ3v) is 3.72. The maximum atomic E-state index is 11.8. The first-order valence-corrected chi connectivity index (χ1v) is 5.86. The van der Waals surface area contributed by atoms with Gasteiger partial charge < -0.3 is 0 Å². The molecule has 0 amide bonds. The molecule has 1 heterocycles. The Morgan fingerprint density at radius 1 is 1.21 bits per heavy atom. The van der Waals surface area contributed by atoms with E-state index in [-0.39, 0.29) is 4.90 Å². The summed E-state index contributed by atoms with van der Waals surface area (Å²) in [5.41, 5.74) is 0.